The van der Waals surface area contributed by atoms with Gasteiger partial charge in [-0.1, -0.05) is 38.0 Å². The van der Waals surface area contributed by atoms with E-state index >= 15 is 0 Å². The fraction of sp³-hybridized carbons (Fsp3) is 0.680. The third-order valence-corrected chi connectivity index (χ3v) is 6.91. The highest BCUT2D eigenvalue weighted by molar-refractivity contribution is 5.33. The molecular weight excluding hydrogens is 392 g/mol. The molecule has 0 amide bonds. The van der Waals surface area contributed by atoms with E-state index in [4.69, 9.17) is 4.74 Å². The van der Waals surface area contributed by atoms with Crippen molar-refractivity contribution < 1.29 is 22.3 Å². The minimum Gasteiger partial charge on any atom is -0.491 e. The summed E-state index contributed by atoms with van der Waals surface area (Å²) in [5.74, 6) is -5.55. The molecule has 1 aromatic rings. The highest BCUT2D eigenvalue weighted by Crippen LogP contribution is 2.47. The van der Waals surface area contributed by atoms with E-state index in [1.165, 1.54) is 37.8 Å². The van der Waals surface area contributed by atoms with Gasteiger partial charge in [0.15, 0.2) is 11.6 Å². The van der Waals surface area contributed by atoms with Crippen molar-refractivity contribution in [1.29, 1.82) is 0 Å². The Morgan fingerprint density at radius 2 is 1.70 bits per heavy atom. The maximum atomic E-state index is 14.9. The third-order valence-electron chi connectivity index (χ3n) is 6.91. The number of hydrogen-bond acceptors (Lipinski definition) is 1. The Morgan fingerprint density at radius 1 is 0.967 bits per heavy atom. The van der Waals surface area contributed by atoms with Gasteiger partial charge in [0.05, 0.1) is 6.61 Å². The van der Waals surface area contributed by atoms with Crippen LogP contribution in [0.4, 0.5) is 17.6 Å². The fourth-order valence-corrected chi connectivity index (χ4v) is 5.17. The van der Waals surface area contributed by atoms with Crippen LogP contribution in [0.15, 0.2) is 24.3 Å². The molecule has 0 saturated heterocycles. The molecule has 2 saturated carbocycles. The van der Waals surface area contributed by atoms with Gasteiger partial charge in [-0.15, -0.1) is 0 Å². The van der Waals surface area contributed by atoms with Gasteiger partial charge in [0.25, 0.3) is 5.92 Å². The van der Waals surface area contributed by atoms with E-state index in [1.807, 2.05) is 6.08 Å². The van der Waals surface area contributed by atoms with Crippen LogP contribution >= 0.6 is 0 Å². The Kier molecular flexibility index (Phi) is 7.86. The largest absolute Gasteiger partial charge is 0.491 e. The van der Waals surface area contributed by atoms with Crippen LogP contribution in [0.5, 0.6) is 5.75 Å². The lowest BCUT2D eigenvalue weighted by molar-refractivity contribution is -0.0745. The highest BCUT2D eigenvalue weighted by Gasteiger charge is 2.45. The molecular formula is C25H34F4O. The standard InChI is InChI=1S/C25H34F4O/c1-3-5-17-6-8-18(9-7-17)10-12-20-13-11-19(16-25(20,28)29)21-14-15-22(30-4-2)24(27)23(21)26/h10,12,14-15,17-20H,3-9,11,13,16H2,1-2H3/b12-10+. The highest BCUT2D eigenvalue weighted by atomic mass is 19.3. The Bertz CT molecular complexity index is 722. The second-order valence-corrected chi connectivity index (χ2v) is 9.01. The number of hydrogen-bond donors (Lipinski definition) is 0. The molecule has 2 atom stereocenters. The summed E-state index contributed by atoms with van der Waals surface area (Å²) >= 11 is 0. The van der Waals surface area contributed by atoms with Crippen molar-refractivity contribution >= 4 is 0 Å². The number of halogens is 4. The zero-order valence-corrected chi connectivity index (χ0v) is 18.1. The van der Waals surface area contributed by atoms with E-state index < -0.39 is 35.8 Å². The molecule has 0 aliphatic heterocycles. The van der Waals surface area contributed by atoms with Gasteiger partial charge in [-0.05, 0) is 74.8 Å². The lowest BCUT2D eigenvalue weighted by atomic mass is 9.74. The molecule has 168 valence electrons. The molecule has 5 heteroatoms. The van der Waals surface area contributed by atoms with Crippen LogP contribution in [0.3, 0.4) is 0 Å². The number of benzene rings is 1. The zero-order chi connectivity index (χ0) is 21.7. The van der Waals surface area contributed by atoms with E-state index in [-0.39, 0.29) is 24.3 Å². The summed E-state index contributed by atoms with van der Waals surface area (Å²) in [6, 6.07) is 2.74. The molecule has 1 aromatic carbocycles. The average Bonchev–Trinajstić information content (AvgIpc) is 2.71. The van der Waals surface area contributed by atoms with Crippen molar-refractivity contribution in [2.45, 2.75) is 83.5 Å². The molecule has 0 N–H and O–H groups in total. The van der Waals surface area contributed by atoms with Gasteiger partial charge >= 0.3 is 0 Å². The Morgan fingerprint density at radius 3 is 2.33 bits per heavy atom. The third kappa shape index (κ3) is 5.39. The van der Waals surface area contributed by atoms with Crippen molar-refractivity contribution in [2.75, 3.05) is 6.61 Å². The van der Waals surface area contributed by atoms with E-state index in [9.17, 15) is 17.6 Å². The van der Waals surface area contributed by atoms with Gasteiger partial charge in [0, 0.05) is 12.3 Å². The summed E-state index contributed by atoms with van der Waals surface area (Å²) in [6.45, 7) is 4.10. The van der Waals surface area contributed by atoms with Crippen LogP contribution < -0.4 is 4.74 Å². The summed E-state index contributed by atoms with van der Waals surface area (Å²) in [5, 5.41) is 0. The molecule has 1 nitrogen and oxygen atoms in total. The summed E-state index contributed by atoms with van der Waals surface area (Å²) in [5.41, 5.74) is 0.0345. The van der Waals surface area contributed by atoms with Crippen LogP contribution in [-0.2, 0) is 0 Å². The smallest absolute Gasteiger partial charge is 0.254 e. The lowest BCUT2D eigenvalue weighted by Gasteiger charge is -2.35. The van der Waals surface area contributed by atoms with Gasteiger partial charge < -0.3 is 4.74 Å². The first-order valence-corrected chi connectivity index (χ1v) is 11.5. The Balaban J connectivity index is 1.61. The first kappa shape index (κ1) is 23.1. The molecule has 3 rings (SSSR count). The van der Waals surface area contributed by atoms with Crippen LogP contribution in [0.1, 0.15) is 83.1 Å². The summed E-state index contributed by atoms with van der Waals surface area (Å²) in [4.78, 5) is 0. The van der Waals surface area contributed by atoms with Crippen LogP contribution in [0, 0.1) is 29.4 Å². The number of allylic oxidation sites excluding steroid dienone is 2. The average molecular weight is 427 g/mol. The molecule has 30 heavy (non-hydrogen) atoms. The minimum absolute atomic E-state index is 0.0345. The second-order valence-electron chi connectivity index (χ2n) is 9.01. The molecule has 0 radical (unpaired) electrons. The van der Waals surface area contributed by atoms with Crippen molar-refractivity contribution in [3.63, 3.8) is 0 Å². The predicted molar refractivity (Wildman–Crippen MR) is 112 cm³/mol. The second kappa shape index (κ2) is 10.2. The molecule has 0 heterocycles. The number of rotatable bonds is 7. The summed E-state index contributed by atoms with van der Waals surface area (Å²) in [7, 11) is 0. The van der Waals surface area contributed by atoms with Crippen molar-refractivity contribution in [3.05, 3.63) is 41.5 Å². The molecule has 2 aliphatic carbocycles. The molecule has 2 aliphatic rings. The lowest BCUT2D eigenvalue weighted by Crippen LogP contribution is -2.34. The van der Waals surface area contributed by atoms with Crippen LogP contribution in [0.25, 0.3) is 0 Å². The SMILES string of the molecule is CCCC1CCC(/C=C/C2CCC(c3ccc(OCC)c(F)c3F)CC2(F)F)CC1. The molecule has 0 bridgehead atoms. The van der Waals surface area contributed by atoms with Gasteiger partial charge in [0.1, 0.15) is 0 Å². The van der Waals surface area contributed by atoms with Gasteiger partial charge in [-0.2, -0.15) is 4.39 Å². The fourth-order valence-electron chi connectivity index (χ4n) is 5.17. The molecule has 2 unspecified atom stereocenters. The summed E-state index contributed by atoms with van der Waals surface area (Å²) in [6.07, 6.45) is 11.0. The van der Waals surface area contributed by atoms with E-state index in [2.05, 4.69) is 6.92 Å². The van der Waals surface area contributed by atoms with Crippen molar-refractivity contribution in [2.24, 2.45) is 17.8 Å². The Hall–Kier alpha value is -1.52. The monoisotopic (exact) mass is 426 g/mol. The minimum atomic E-state index is -2.92. The quantitative estimate of drug-likeness (QED) is 0.317. The Labute approximate surface area is 177 Å². The summed E-state index contributed by atoms with van der Waals surface area (Å²) < 4.78 is 63.4. The maximum absolute atomic E-state index is 14.9. The van der Waals surface area contributed by atoms with Gasteiger partial charge in [0.2, 0.25) is 5.82 Å². The molecule has 2 fully saturated rings. The topological polar surface area (TPSA) is 9.23 Å². The first-order chi connectivity index (χ1) is 14.4. The van der Waals surface area contributed by atoms with E-state index in [1.54, 1.807) is 13.0 Å². The van der Waals surface area contributed by atoms with Gasteiger partial charge in [-0.25, -0.2) is 13.2 Å². The van der Waals surface area contributed by atoms with E-state index in [0.717, 1.165) is 18.8 Å². The first-order valence-electron chi connectivity index (χ1n) is 11.5. The number of ether oxygens (including phenoxy) is 1. The number of alkyl halides is 2. The van der Waals surface area contributed by atoms with E-state index in [0.29, 0.717) is 12.3 Å². The normalized spacial score (nSPS) is 29.3. The predicted octanol–water partition coefficient (Wildman–Crippen LogP) is 8.05. The van der Waals surface area contributed by atoms with Crippen molar-refractivity contribution in [1.82, 2.24) is 0 Å². The van der Waals surface area contributed by atoms with Crippen LogP contribution in [0.2, 0.25) is 0 Å². The van der Waals surface area contributed by atoms with Gasteiger partial charge in [-0.3, -0.25) is 0 Å². The zero-order valence-electron chi connectivity index (χ0n) is 18.1. The molecule has 0 aromatic heterocycles. The maximum Gasteiger partial charge on any atom is 0.254 e. The van der Waals surface area contributed by atoms with Crippen LogP contribution in [-0.4, -0.2) is 12.5 Å². The van der Waals surface area contributed by atoms with Crippen molar-refractivity contribution in [3.8, 4) is 5.75 Å². The molecule has 0 spiro atoms.